The summed E-state index contributed by atoms with van der Waals surface area (Å²) < 4.78 is 5.79. The molecule has 0 bridgehead atoms. The Morgan fingerprint density at radius 2 is 2.15 bits per heavy atom. The van der Waals surface area contributed by atoms with Crippen molar-refractivity contribution in [3.8, 4) is 0 Å². The van der Waals surface area contributed by atoms with Gasteiger partial charge in [-0.05, 0) is 57.7 Å². The van der Waals surface area contributed by atoms with E-state index in [2.05, 4.69) is 17.1 Å². The number of nitrogens with zero attached hydrogens (tertiary/aromatic N) is 1. The molecule has 118 valence electrons. The third-order valence-corrected chi connectivity index (χ3v) is 4.86. The van der Waals surface area contributed by atoms with Crippen LogP contribution in [-0.2, 0) is 4.74 Å². The van der Waals surface area contributed by atoms with E-state index in [9.17, 15) is 5.11 Å². The summed E-state index contributed by atoms with van der Waals surface area (Å²) in [5.74, 6) is 0.531. The lowest BCUT2D eigenvalue weighted by Gasteiger charge is -2.43. The van der Waals surface area contributed by atoms with Gasteiger partial charge in [0.2, 0.25) is 0 Å². The van der Waals surface area contributed by atoms with Crippen LogP contribution in [0.1, 0.15) is 39.0 Å². The van der Waals surface area contributed by atoms with E-state index in [4.69, 9.17) is 4.74 Å². The Kier molecular flexibility index (Phi) is 6.75. The van der Waals surface area contributed by atoms with Crippen LogP contribution in [-0.4, -0.2) is 62.6 Å². The van der Waals surface area contributed by atoms with Crippen LogP contribution < -0.4 is 5.32 Å². The normalized spacial score (nSPS) is 29.7. The Labute approximate surface area is 123 Å². The van der Waals surface area contributed by atoms with Crippen molar-refractivity contribution in [3.63, 3.8) is 0 Å². The van der Waals surface area contributed by atoms with Gasteiger partial charge in [-0.15, -0.1) is 0 Å². The average molecular weight is 284 g/mol. The van der Waals surface area contributed by atoms with Gasteiger partial charge in [-0.2, -0.15) is 0 Å². The van der Waals surface area contributed by atoms with Gasteiger partial charge >= 0.3 is 0 Å². The zero-order chi connectivity index (χ0) is 14.3. The molecule has 2 rings (SSSR count). The highest BCUT2D eigenvalue weighted by Crippen LogP contribution is 2.30. The Morgan fingerprint density at radius 1 is 1.35 bits per heavy atom. The third kappa shape index (κ3) is 4.69. The molecule has 4 nitrogen and oxygen atoms in total. The molecule has 0 spiro atoms. The molecule has 2 aliphatic heterocycles. The highest BCUT2D eigenvalue weighted by molar-refractivity contribution is 4.88. The van der Waals surface area contributed by atoms with Crippen molar-refractivity contribution in [1.82, 2.24) is 10.2 Å². The lowest BCUT2D eigenvalue weighted by molar-refractivity contribution is -0.0318. The van der Waals surface area contributed by atoms with Crippen molar-refractivity contribution >= 4 is 0 Å². The van der Waals surface area contributed by atoms with E-state index >= 15 is 0 Å². The van der Waals surface area contributed by atoms with E-state index in [0.717, 1.165) is 58.8 Å². The van der Waals surface area contributed by atoms with Gasteiger partial charge in [-0.3, -0.25) is 0 Å². The quantitative estimate of drug-likeness (QED) is 0.695. The van der Waals surface area contributed by atoms with Crippen molar-refractivity contribution in [2.45, 2.75) is 39.0 Å². The Hall–Kier alpha value is -0.160. The van der Waals surface area contributed by atoms with E-state index in [1.54, 1.807) is 0 Å². The molecule has 0 aliphatic carbocycles. The molecule has 2 saturated heterocycles. The number of likely N-dealkylation sites (tertiary alicyclic amines) is 1. The molecule has 1 unspecified atom stereocenters. The predicted octanol–water partition coefficient (Wildman–Crippen LogP) is 1.49. The fourth-order valence-electron chi connectivity index (χ4n) is 3.56. The molecule has 2 fully saturated rings. The lowest BCUT2D eigenvalue weighted by atomic mass is 9.81. The second kappa shape index (κ2) is 8.32. The maximum absolute atomic E-state index is 9.24. The summed E-state index contributed by atoms with van der Waals surface area (Å²) in [7, 11) is 0. The van der Waals surface area contributed by atoms with Gasteiger partial charge < -0.3 is 20.1 Å². The molecule has 20 heavy (non-hydrogen) atoms. The summed E-state index contributed by atoms with van der Waals surface area (Å²) >= 11 is 0. The second-order valence-electron chi connectivity index (χ2n) is 6.74. The van der Waals surface area contributed by atoms with Crippen molar-refractivity contribution in [2.75, 3.05) is 52.5 Å². The van der Waals surface area contributed by atoms with Crippen molar-refractivity contribution in [2.24, 2.45) is 11.3 Å². The Balaban J connectivity index is 1.83. The van der Waals surface area contributed by atoms with E-state index < -0.39 is 0 Å². The van der Waals surface area contributed by atoms with Crippen LogP contribution in [0.5, 0.6) is 0 Å². The molecule has 0 aromatic rings. The van der Waals surface area contributed by atoms with Crippen molar-refractivity contribution in [3.05, 3.63) is 0 Å². The number of ether oxygens (including phenoxy) is 1. The molecule has 0 aromatic heterocycles. The number of aliphatic hydroxyl groups excluding tert-OH is 1. The molecular formula is C16H32N2O2. The van der Waals surface area contributed by atoms with Gasteiger partial charge in [0, 0.05) is 31.7 Å². The molecular weight excluding hydrogens is 252 g/mol. The van der Waals surface area contributed by atoms with Crippen LogP contribution >= 0.6 is 0 Å². The topological polar surface area (TPSA) is 44.7 Å². The van der Waals surface area contributed by atoms with Crippen molar-refractivity contribution in [1.29, 1.82) is 0 Å². The van der Waals surface area contributed by atoms with E-state index in [1.807, 2.05) is 0 Å². The van der Waals surface area contributed by atoms with Crippen LogP contribution in [0, 0.1) is 11.3 Å². The highest BCUT2D eigenvalue weighted by atomic mass is 16.5. The smallest absolute Gasteiger partial charge is 0.0546 e. The lowest BCUT2D eigenvalue weighted by Crippen LogP contribution is -2.50. The summed E-state index contributed by atoms with van der Waals surface area (Å²) in [6.07, 6.45) is 5.97. The first-order valence-corrected chi connectivity index (χ1v) is 8.40. The van der Waals surface area contributed by atoms with Gasteiger partial charge in [0.1, 0.15) is 0 Å². The monoisotopic (exact) mass is 284 g/mol. The number of nitrogens with one attached hydrogen (secondary N) is 1. The maximum atomic E-state index is 9.24. The SMILES string of the molecule is CCCNCC1(CN2CCC(CO)CC2)CCCOC1. The number of hydrogen-bond donors (Lipinski definition) is 2. The minimum Gasteiger partial charge on any atom is -0.396 e. The highest BCUT2D eigenvalue weighted by Gasteiger charge is 2.35. The first-order valence-electron chi connectivity index (χ1n) is 8.40. The summed E-state index contributed by atoms with van der Waals surface area (Å²) in [6, 6.07) is 0. The first-order chi connectivity index (χ1) is 9.78. The Bertz CT molecular complexity index is 259. The van der Waals surface area contributed by atoms with Crippen LogP contribution in [0.4, 0.5) is 0 Å². The maximum Gasteiger partial charge on any atom is 0.0546 e. The fraction of sp³-hybridized carbons (Fsp3) is 1.00. The van der Waals surface area contributed by atoms with Crippen LogP contribution in [0.2, 0.25) is 0 Å². The molecule has 0 saturated carbocycles. The molecule has 0 radical (unpaired) electrons. The largest absolute Gasteiger partial charge is 0.396 e. The van der Waals surface area contributed by atoms with E-state index in [0.29, 0.717) is 17.9 Å². The number of aliphatic hydroxyl groups is 1. The standard InChI is InChI=1S/C16H32N2O2/c1-2-7-17-12-16(6-3-10-20-14-16)13-18-8-4-15(11-19)5-9-18/h15,17,19H,2-14H2,1H3. The summed E-state index contributed by atoms with van der Waals surface area (Å²) in [6.45, 7) is 10.0. The third-order valence-electron chi connectivity index (χ3n) is 4.86. The van der Waals surface area contributed by atoms with Gasteiger partial charge in [-0.1, -0.05) is 6.92 Å². The zero-order valence-corrected chi connectivity index (χ0v) is 13.1. The number of rotatable bonds is 7. The van der Waals surface area contributed by atoms with Gasteiger partial charge in [0.05, 0.1) is 6.61 Å². The zero-order valence-electron chi connectivity index (χ0n) is 13.1. The van der Waals surface area contributed by atoms with Crippen LogP contribution in [0.15, 0.2) is 0 Å². The molecule has 1 atom stereocenters. The minimum atomic E-state index is 0.305. The first kappa shape index (κ1) is 16.2. The molecule has 0 aromatic carbocycles. The average Bonchev–Trinajstić information content (AvgIpc) is 2.49. The van der Waals surface area contributed by atoms with Crippen molar-refractivity contribution < 1.29 is 9.84 Å². The Morgan fingerprint density at radius 3 is 2.75 bits per heavy atom. The molecule has 4 heteroatoms. The van der Waals surface area contributed by atoms with Gasteiger partial charge in [0.15, 0.2) is 0 Å². The number of piperidine rings is 1. The molecule has 2 N–H and O–H groups in total. The van der Waals surface area contributed by atoms with Crippen LogP contribution in [0.25, 0.3) is 0 Å². The summed E-state index contributed by atoms with van der Waals surface area (Å²) in [4.78, 5) is 2.59. The summed E-state index contributed by atoms with van der Waals surface area (Å²) in [5.41, 5.74) is 0.305. The number of hydrogen-bond acceptors (Lipinski definition) is 4. The molecule has 0 amide bonds. The van der Waals surface area contributed by atoms with E-state index in [-0.39, 0.29) is 0 Å². The van der Waals surface area contributed by atoms with E-state index in [1.165, 1.54) is 19.3 Å². The predicted molar refractivity (Wildman–Crippen MR) is 81.9 cm³/mol. The minimum absolute atomic E-state index is 0.305. The second-order valence-corrected chi connectivity index (χ2v) is 6.74. The molecule has 2 heterocycles. The van der Waals surface area contributed by atoms with Gasteiger partial charge in [0.25, 0.3) is 0 Å². The fourth-order valence-corrected chi connectivity index (χ4v) is 3.56. The summed E-state index contributed by atoms with van der Waals surface area (Å²) in [5, 5.41) is 12.9. The van der Waals surface area contributed by atoms with Crippen LogP contribution in [0.3, 0.4) is 0 Å². The molecule has 2 aliphatic rings. The van der Waals surface area contributed by atoms with Gasteiger partial charge in [-0.25, -0.2) is 0 Å².